The van der Waals surface area contributed by atoms with Crippen LogP contribution in [0.1, 0.15) is 5.56 Å². The molecule has 0 aromatic heterocycles. The van der Waals surface area contributed by atoms with E-state index < -0.39 is 33.0 Å². The second kappa shape index (κ2) is 7.18. The Labute approximate surface area is 140 Å². The number of nitro benzene ring substituents is 2. The minimum Gasteiger partial charge on any atom is -0.358 e. The molecule has 0 aliphatic carbocycles. The molecule has 12 heteroatoms. The number of rotatable bonds is 3. The van der Waals surface area contributed by atoms with Crippen molar-refractivity contribution in [1.29, 1.82) is 0 Å². The van der Waals surface area contributed by atoms with E-state index in [-0.39, 0.29) is 31.2 Å². The fourth-order valence-corrected chi connectivity index (χ4v) is 2.40. The summed E-state index contributed by atoms with van der Waals surface area (Å²) in [5.41, 5.74) is -3.60. The smallest absolute Gasteiger partial charge is 0.358 e. The Bertz CT molecular complexity index is 613. The van der Waals surface area contributed by atoms with Gasteiger partial charge in [0.05, 0.1) is 15.4 Å². The molecule has 1 aromatic rings. The summed E-state index contributed by atoms with van der Waals surface area (Å²) in [5, 5.41) is 22.3. The molecule has 1 aromatic carbocycles. The van der Waals surface area contributed by atoms with Crippen LogP contribution >= 0.6 is 12.4 Å². The number of hydrogen-bond acceptors (Lipinski definition) is 6. The molecule has 0 radical (unpaired) electrons. The number of anilines is 1. The number of likely N-dealkylation sites (N-methyl/N-ethyl adjacent to an activating group) is 1. The zero-order valence-corrected chi connectivity index (χ0v) is 13.3. The number of alkyl halides is 3. The highest BCUT2D eigenvalue weighted by atomic mass is 35.5. The van der Waals surface area contributed by atoms with Crippen molar-refractivity contribution in [2.24, 2.45) is 0 Å². The van der Waals surface area contributed by atoms with Crippen LogP contribution in [0.25, 0.3) is 0 Å². The van der Waals surface area contributed by atoms with E-state index in [1.807, 2.05) is 11.9 Å². The van der Waals surface area contributed by atoms with Crippen LogP contribution in [0, 0.1) is 20.2 Å². The van der Waals surface area contributed by atoms with E-state index >= 15 is 0 Å². The zero-order valence-electron chi connectivity index (χ0n) is 12.4. The summed E-state index contributed by atoms with van der Waals surface area (Å²) in [4.78, 5) is 23.6. The molecule has 1 aliphatic heterocycles. The van der Waals surface area contributed by atoms with E-state index in [0.717, 1.165) is 0 Å². The average Bonchev–Trinajstić information content (AvgIpc) is 2.45. The molecule has 0 bridgehead atoms. The van der Waals surface area contributed by atoms with Crippen molar-refractivity contribution >= 4 is 29.5 Å². The van der Waals surface area contributed by atoms with Crippen LogP contribution in [-0.2, 0) is 6.18 Å². The first kappa shape index (κ1) is 19.9. The predicted octanol–water partition coefficient (Wildman–Crippen LogP) is 2.70. The fraction of sp³-hybridized carbons (Fsp3) is 0.500. The molecule has 134 valence electrons. The molecule has 24 heavy (non-hydrogen) atoms. The van der Waals surface area contributed by atoms with Gasteiger partial charge in [-0.3, -0.25) is 20.2 Å². The van der Waals surface area contributed by atoms with E-state index in [2.05, 4.69) is 0 Å². The monoisotopic (exact) mass is 370 g/mol. The molecule has 1 heterocycles. The van der Waals surface area contributed by atoms with Crippen molar-refractivity contribution in [1.82, 2.24) is 4.90 Å². The van der Waals surface area contributed by atoms with Gasteiger partial charge in [-0.05, 0) is 7.05 Å². The Morgan fingerprint density at radius 2 is 1.42 bits per heavy atom. The topological polar surface area (TPSA) is 92.8 Å². The number of nitro groups is 2. The summed E-state index contributed by atoms with van der Waals surface area (Å²) < 4.78 is 38.5. The van der Waals surface area contributed by atoms with Crippen molar-refractivity contribution in [2.75, 3.05) is 38.1 Å². The average molecular weight is 371 g/mol. The molecule has 0 saturated carbocycles. The lowest BCUT2D eigenvalue weighted by atomic mass is 10.1. The van der Waals surface area contributed by atoms with Crippen LogP contribution in [0.2, 0.25) is 0 Å². The largest absolute Gasteiger partial charge is 0.416 e. The predicted molar refractivity (Wildman–Crippen MR) is 81.7 cm³/mol. The van der Waals surface area contributed by atoms with Gasteiger partial charge in [0, 0.05) is 38.3 Å². The molecule has 0 spiro atoms. The summed E-state index contributed by atoms with van der Waals surface area (Å²) in [6, 6.07) is 0.696. The third-order valence-electron chi connectivity index (χ3n) is 3.61. The second-order valence-electron chi connectivity index (χ2n) is 5.17. The molecule has 1 saturated heterocycles. The van der Waals surface area contributed by atoms with Crippen LogP contribution in [0.15, 0.2) is 12.1 Å². The number of hydrogen-bond donors (Lipinski definition) is 0. The molecule has 8 nitrogen and oxygen atoms in total. The fourth-order valence-electron chi connectivity index (χ4n) is 2.40. The Balaban J connectivity index is 0.00000288. The maximum absolute atomic E-state index is 12.8. The van der Waals surface area contributed by atoms with E-state index in [9.17, 15) is 33.4 Å². The lowest BCUT2D eigenvalue weighted by molar-refractivity contribution is -0.393. The first-order valence-corrected chi connectivity index (χ1v) is 6.58. The van der Waals surface area contributed by atoms with Gasteiger partial charge < -0.3 is 9.80 Å². The Kier molecular flexibility index (Phi) is 5.95. The molecular formula is C12H14ClF3N4O4. The van der Waals surface area contributed by atoms with Crippen LogP contribution in [0.3, 0.4) is 0 Å². The lowest BCUT2D eigenvalue weighted by Gasteiger charge is -2.33. The van der Waals surface area contributed by atoms with Gasteiger partial charge in [-0.25, -0.2) is 0 Å². The van der Waals surface area contributed by atoms with Crippen molar-refractivity contribution in [3.05, 3.63) is 37.9 Å². The molecule has 0 amide bonds. The molecule has 0 N–H and O–H groups in total. The zero-order chi connectivity index (χ0) is 17.4. The highest BCUT2D eigenvalue weighted by molar-refractivity contribution is 5.85. The Morgan fingerprint density at radius 1 is 1.00 bits per heavy atom. The van der Waals surface area contributed by atoms with Gasteiger partial charge in [-0.15, -0.1) is 12.4 Å². The van der Waals surface area contributed by atoms with E-state index in [0.29, 0.717) is 25.2 Å². The van der Waals surface area contributed by atoms with Crippen LogP contribution in [0.4, 0.5) is 30.2 Å². The summed E-state index contributed by atoms with van der Waals surface area (Å²) >= 11 is 0. The summed E-state index contributed by atoms with van der Waals surface area (Å²) in [5.74, 6) is 0. The Hall–Kier alpha value is -2.14. The SMILES string of the molecule is CN1CCN(c2c([N+](=O)[O-])cc(C(F)(F)F)cc2[N+](=O)[O-])CC1.Cl. The normalized spacial score (nSPS) is 15.8. The number of halogens is 4. The lowest BCUT2D eigenvalue weighted by Crippen LogP contribution is -2.45. The highest BCUT2D eigenvalue weighted by Crippen LogP contribution is 2.43. The van der Waals surface area contributed by atoms with Crippen LogP contribution in [-0.4, -0.2) is 48.0 Å². The standard InChI is InChI=1S/C12H13F3N4O4.ClH/c1-16-2-4-17(5-3-16)11-9(18(20)21)6-8(12(13,14)15)7-10(11)19(22)23;/h6-7H,2-5H2,1H3;1H. The number of piperazine rings is 1. The molecular weight excluding hydrogens is 357 g/mol. The highest BCUT2D eigenvalue weighted by Gasteiger charge is 2.39. The second-order valence-corrected chi connectivity index (χ2v) is 5.17. The summed E-state index contributed by atoms with van der Waals surface area (Å²) in [7, 11) is 1.81. The van der Waals surface area contributed by atoms with Crippen LogP contribution < -0.4 is 4.90 Å². The molecule has 0 atom stereocenters. The van der Waals surface area contributed by atoms with Gasteiger partial charge in [0.2, 0.25) is 0 Å². The Morgan fingerprint density at radius 3 is 1.75 bits per heavy atom. The van der Waals surface area contributed by atoms with Gasteiger partial charge in [-0.1, -0.05) is 0 Å². The maximum Gasteiger partial charge on any atom is 0.416 e. The van der Waals surface area contributed by atoms with E-state index in [1.165, 1.54) is 4.90 Å². The molecule has 2 rings (SSSR count). The van der Waals surface area contributed by atoms with E-state index in [4.69, 9.17) is 0 Å². The van der Waals surface area contributed by atoms with Gasteiger partial charge in [-0.2, -0.15) is 13.2 Å². The van der Waals surface area contributed by atoms with Gasteiger partial charge in [0.15, 0.2) is 5.69 Å². The summed E-state index contributed by atoms with van der Waals surface area (Å²) in [6.45, 7) is 1.50. The molecule has 1 aliphatic rings. The van der Waals surface area contributed by atoms with Crippen molar-refractivity contribution in [2.45, 2.75) is 6.18 Å². The molecule has 1 fully saturated rings. The van der Waals surface area contributed by atoms with Crippen molar-refractivity contribution in [3.8, 4) is 0 Å². The van der Waals surface area contributed by atoms with E-state index in [1.54, 1.807) is 0 Å². The van der Waals surface area contributed by atoms with Crippen LogP contribution in [0.5, 0.6) is 0 Å². The first-order valence-electron chi connectivity index (χ1n) is 6.58. The molecule has 0 unspecified atom stereocenters. The number of benzene rings is 1. The third-order valence-corrected chi connectivity index (χ3v) is 3.61. The van der Waals surface area contributed by atoms with Gasteiger partial charge in [0.25, 0.3) is 11.4 Å². The van der Waals surface area contributed by atoms with Crippen molar-refractivity contribution in [3.63, 3.8) is 0 Å². The quantitative estimate of drug-likeness (QED) is 0.600. The maximum atomic E-state index is 12.8. The first-order chi connectivity index (χ1) is 10.6. The van der Waals surface area contributed by atoms with Gasteiger partial charge >= 0.3 is 6.18 Å². The number of nitrogens with zero attached hydrogens (tertiary/aromatic N) is 4. The van der Waals surface area contributed by atoms with Gasteiger partial charge in [0.1, 0.15) is 0 Å². The third kappa shape index (κ3) is 4.03. The van der Waals surface area contributed by atoms with Crippen molar-refractivity contribution < 1.29 is 23.0 Å². The minimum atomic E-state index is -4.91. The minimum absolute atomic E-state index is 0. The summed E-state index contributed by atoms with van der Waals surface area (Å²) in [6.07, 6.45) is -4.91.